The summed E-state index contributed by atoms with van der Waals surface area (Å²) in [7, 11) is 2.02. The number of hydrogen-bond acceptors (Lipinski definition) is 1. The Morgan fingerprint density at radius 1 is 1.44 bits per heavy atom. The number of nitrogens with zero attached hydrogens (tertiary/aromatic N) is 1. The highest BCUT2D eigenvalue weighted by Crippen LogP contribution is 2.23. The molecule has 0 fully saturated rings. The Morgan fingerprint density at radius 2 is 2.19 bits per heavy atom. The van der Waals surface area contributed by atoms with Gasteiger partial charge in [-0.25, -0.2) is 0 Å². The van der Waals surface area contributed by atoms with Gasteiger partial charge in [-0.1, -0.05) is 19.1 Å². The smallest absolute Gasteiger partial charge is 0.307 e. The maximum absolute atomic E-state index is 10.8. The lowest BCUT2D eigenvalue weighted by atomic mass is 10.1. The Bertz CT molecular complexity index is 540. The number of aliphatic carboxylic acids is 1. The maximum Gasteiger partial charge on any atom is 0.307 e. The van der Waals surface area contributed by atoms with Crippen molar-refractivity contribution >= 4 is 16.9 Å². The summed E-state index contributed by atoms with van der Waals surface area (Å²) in [6.07, 6.45) is 1.04. The van der Waals surface area contributed by atoms with Crippen LogP contribution < -0.4 is 0 Å². The number of benzene rings is 1. The van der Waals surface area contributed by atoms with E-state index in [4.69, 9.17) is 5.11 Å². The van der Waals surface area contributed by atoms with Crippen LogP contribution in [0.5, 0.6) is 0 Å². The third kappa shape index (κ3) is 1.69. The van der Waals surface area contributed by atoms with Gasteiger partial charge in [0.1, 0.15) is 0 Å². The lowest BCUT2D eigenvalue weighted by Crippen LogP contribution is -2.00. The number of carboxylic acids is 1. The molecule has 1 aromatic heterocycles. The van der Waals surface area contributed by atoms with Crippen molar-refractivity contribution in [3.8, 4) is 0 Å². The Hall–Kier alpha value is -1.77. The van der Waals surface area contributed by atoms with Crippen LogP contribution in [-0.4, -0.2) is 15.6 Å². The van der Waals surface area contributed by atoms with E-state index in [1.165, 1.54) is 5.69 Å². The molecule has 1 N–H and O–H groups in total. The molecule has 0 aliphatic rings. The van der Waals surface area contributed by atoms with E-state index in [0.717, 1.165) is 22.9 Å². The minimum atomic E-state index is -0.783. The fraction of sp³-hybridized carbons (Fsp3) is 0.308. The second kappa shape index (κ2) is 4.00. The number of fused-ring (bicyclic) bond motifs is 1. The molecular weight excluding hydrogens is 202 g/mol. The zero-order chi connectivity index (χ0) is 11.7. The Morgan fingerprint density at radius 3 is 2.81 bits per heavy atom. The van der Waals surface area contributed by atoms with Gasteiger partial charge in [0, 0.05) is 23.6 Å². The highest BCUT2D eigenvalue weighted by Gasteiger charge is 2.09. The first-order valence-corrected chi connectivity index (χ1v) is 5.41. The van der Waals surface area contributed by atoms with Gasteiger partial charge < -0.3 is 9.67 Å². The first kappa shape index (κ1) is 10.7. The van der Waals surface area contributed by atoms with E-state index in [2.05, 4.69) is 17.6 Å². The summed E-state index contributed by atoms with van der Waals surface area (Å²) >= 11 is 0. The van der Waals surface area contributed by atoms with E-state index in [1.807, 2.05) is 25.2 Å². The van der Waals surface area contributed by atoms with Gasteiger partial charge in [0.2, 0.25) is 0 Å². The zero-order valence-corrected chi connectivity index (χ0v) is 9.53. The zero-order valence-electron chi connectivity index (χ0n) is 9.53. The molecule has 0 atom stereocenters. The number of aryl methyl sites for hydroxylation is 2. The van der Waals surface area contributed by atoms with Gasteiger partial charge >= 0.3 is 5.97 Å². The van der Waals surface area contributed by atoms with Crippen molar-refractivity contribution in [2.45, 2.75) is 19.8 Å². The van der Waals surface area contributed by atoms with Crippen molar-refractivity contribution in [1.82, 2.24) is 4.57 Å². The molecule has 3 nitrogen and oxygen atoms in total. The van der Waals surface area contributed by atoms with Crippen LogP contribution in [0.25, 0.3) is 10.9 Å². The summed E-state index contributed by atoms with van der Waals surface area (Å²) in [5, 5.41) is 9.91. The van der Waals surface area contributed by atoms with E-state index in [-0.39, 0.29) is 6.42 Å². The van der Waals surface area contributed by atoms with Crippen LogP contribution in [0.4, 0.5) is 0 Å². The summed E-state index contributed by atoms with van der Waals surface area (Å²) < 4.78 is 2.13. The van der Waals surface area contributed by atoms with Crippen molar-refractivity contribution in [3.05, 3.63) is 35.5 Å². The van der Waals surface area contributed by atoms with Gasteiger partial charge in [-0.05, 0) is 24.1 Å². The van der Waals surface area contributed by atoms with E-state index >= 15 is 0 Å². The molecule has 84 valence electrons. The number of carbonyl (C=O) groups is 1. The Kier molecular flexibility index (Phi) is 2.69. The molecule has 0 amide bonds. The van der Waals surface area contributed by atoms with Gasteiger partial charge in [-0.3, -0.25) is 4.79 Å². The molecule has 1 heterocycles. The van der Waals surface area contributed by atoms with Gasteiger partial charge in [-0.2, -0.15) is 0 Å². The molecular formula is C13H15NO2. The summed E-state index contributed by atoms with van der Waals surface area (Å²) in [5.41, 5.74) is 3.23. The average Bonchev–Trinajstić information content (AvgIpc) is 2.56. The molecule has 16 heavy (non-hydrogen) atoms. The van der Waals surface area contributed by atoms with Gasteiger partial charge in [0.05, 0.1) is 6.42 Å². The Balaban J connectivity index is 2.63. The first-order chi connectivity index (χ1) is 7.63. The maximum atomic E-state index is 10.8. The molecule has 2 aromatic rings. The van der Waals surface area contributed by atoms with Crippen LogP contribution in [0.15, 0.2) is 24.3 Å². The van der Waals surface area contributed by atoms with Crippen LogP contribution in [0, 0.1) is 0 Å². The quantitative estimate of drug-likeness (QED) is 0.857. The molecule has 0 bridgehead atoms. The molecule has 0 radical (unpaired) electrons. The van der Waals surface area contributed by atoms with Crippen molar-refractivity contribution in [3.63, 3.8) is 0 Å². The summed E-state index contributed by atoms with van der Waals surface area (Å²) in [6.45, 7) is 2.10. The van der Waals surface area contributed by atoms with Crippen molar-refractivity contribution in [2.75, 3.05) is 0 Å². The largest absolute Gasteiger partial charge is 0.481 e. The second-order valence-corrected chi connectivity index (χ2v) is 3.97. The van der Waals surface area contributed by atoms with Crippen LogP contribution in [0.1, 0.15) is 18.2 Å². The number of hydrogen-bond donors (Lipinski definition) is 1. The standard InChI is InChI=1S/C13H15NO2/c1-3-10-8-11-9(7-13(15)16)5-4-6-12(11)14(10)2/h4-6,8H,3,7H2,1-2H3,(H,15,16). The molecule has 0 unspecified atom stereocenters. The lowest BCUT2D eigenvalue weighted by molar-refractivity contribution is -0.136. The minimum absolute atomic E-state index is 0.0878. The van der Waals surface area contributed by atoms with Gasteiger partial charge in [0.25, 0.3) is 0 Å². The highest BCUT2D eigenvalue weighted by atomic mass is 16.4. The van der Waals surface area contributed by atoms with Crippen LogP contribution in [-0.2, 0) is 24.7 Å². The molecule has 1 aromatic carbocycles. The lowest BCUT2D eigenvalue weighted by Gasteiger charge is -2.02. The molecule has 0 spiro atoms. The predicted octanol–water partition coefficient (Wildman–Crippen LogP) is 2.37. The molecule has 0 aliphatic heterocycles. The van der Waals surface area contributed by atoms with Crippen LogP contribution in [0.2, 0.25) is 0 Å². The van der Waals surface area contributed by atoms with E-state index < -0.39 is 5.97 Å². The minimum Gasteiger partial charge on any atom is -0.481 e. The monoisotopic (exact) mass is 217 g/mol. The average molecular weight is 217 g/mol. The van der Waals surface area contributed by atoms with E-state index in [0.29, 0.717) is 0 Å². The van der Waals surface area contributed by atoms with Crippen LogP contribution >= 0.6 is 0 Å². The second-order valence-electron chi connectivity index (χ2n) is 3.97. The molecule has 0 saturated carbocycles. The third-order valence-electron chi connectivity index (χ3n) is 2.98. The van der Waals surface area contributed by atoms with Crippen molar-refractivity contribution in [2.24, 2.45) is 7.05 Å². The van der Waals surface area contributed by atoms with E-state index in [9.17, 15) is 4.79 Å². The fourth-order valence-corrected chi connectivity index (χ4v) is 2.13. The van der Waals surface area contributed by atoms with E-state index in [1.54, 1.807) is 0 Å². The van der Waals surface area contributed by atoms with Gasteiger partial charge in [0.15, 0.2) is 0 Å². The first-order valence-electron chi connectivity index (χ1n) is 5.41. The Labute approximate surface area is 94.3 Å². The van der Waals surface area contributed by atoms with Crippen LogP contribution in [0.3, 0.4) is 0 Å². The fourth-order valence-electron chi connectivity index (χ4n) is 2.13. The summed E-state index contributed by atoms with van der Waals surface area (Å²) in [5.74, 6) is -0.783. The van der Waals surface area contributed by atoms with Crippen molar-refractivity contribution < 1.29 is 9.90 Å². The number of rotatable bonds is 3. The topological polar surface area (TPSA) is 42.2 Å². The molecule has 0 saturated heterocycles. The predicted molar refractivity (Wildman–Crippen MR) is 63.6 cm³/mol. The highest BCUT2D eigenvalue weighted by molar-refractivity contribution is 5.88. The SMILES string of the molecule is CCc1cc2c(CC(=O)O)cccc2n1C. The van der Waals surface area contributed by atoms with Gasteiger partial charge in [-0.15, -0.1) is 0 Å². The summed E-state index contributed by atoms with van der Waals surface area (Å²) in [6, 6.07) is 7.92. The third-order valence-corrected chi connectivity index (χ3v) is 2.98. The summed E-state index contributed by atoms with van der Waals surface area (Å²) in [4.78, 5) is 10.8. The van der Waals surface area contributed by atoms with Crippen molar-refractivity contribution in [1.29, 1.82) is 0 Å². The number of carboxylic acid groups (broad SMARTS) is 1. The molecule has 3 heteroatoms. The molecule has 2 rings (SSSR count). The number of aromatic nitrogens is 1. The normalized spacial score (nSPS) is 10.9. The molecule has 0 aliphatic carbocycles.